The minimum Gasteiger partial charge on any atom is -0.497 e. The van der Waals surface area contributed by atoms with Gasteiger partial charge in [-0.1, -0.05) is 23.2 Å². The van der Waals surface area contributed by atoms with Gasteiger partial charge in [0, 0.05) is 11.8 Å². The van der Waals surface area contributed by atoms with Gasteiger partial charge in [-0.25, -0.2) is 9.78 Å². The molecule has 0 unspecified atom stereocenters. The number of carbonyl (C=O) groups is 2. The van der Waals surface area contributed by atoms with Gasteiger partial charge in [-0.3, -0.25) is 4.79 Å². The monoisotopic (exact) mass is 339 g/mol. The summed E-state index contributed by atoms with van der Waals surface area (Å²) in [5.41, 5.74) is 0.540. The van der Waals surface area contributed by atoms with Gasteiger partial charge in [-0.05, 0) is 30.3 Å². The fourth-order valence-electron chi connectivity index (χ4n) is 1.61. The van der Waals surface area contributed by atoms with Crippen LogP contribution in [0.2, 0.25) is 10.2 Å². The minimum atomic E-state index is -0.701. The number of aromatic nitrogens is 1. The lowest BCUT2D eigenvalue weighted by molar-refractivity contribution is 0.0474. The summed E-state index contributed by atoms with van der Waals surface area (Å²) in [5, 5.41) is 0.227. The first-order chi connectivity index (χ1) is 10.5. The molecule has 2 aromatic rings. The number of ketones is 1. The molecule has 1 aromatic heterocycles. The van der Waals surface area contributed by atoms with Crippen LogP contribution < -0.4 is 4.74 Å². The van der Waals surface area contributed by atoms with E-state index in [0.29, 0.717) is 11.3 Å². The third-order valence-corrected chi connectivity index (χ3v) is 3.46. The van der Waals surface area contributed by atoms with Gasteiger partial charge < -0.3 is 9.47 Å². The number of hydrogen-bond acceptors (Lipinski definition) is 5. The van der Waals surface area contributed by atoms with Crippen molar-refractivity contribution in [1.82, 2.24) is 4.98 Å². The highest BCUT2D eigenvalue weighted by Crippen LogP contribution is 2.20. The van der Waals surface area contributed by atoms with Crippen LogP contribution in [0.3, 0.4) is 0 Å². The van der Waals surface area contributed by atoms with Crippen molar-refractivity contribution in [3.8, 4) is 5.75 Å². The van der Waals surface area contributed by atoms with Crippen molar-refractivity contribution in [2.75, 3.05) is 13.7 Å². The van der Waals surface area contributed by atoms with Crippen LogP contribution in [-0.2, 0) is 4.74 Å². The van der Waals surface area contributed by atoms with Crippen LogP contribution >= 0.6 is 23.2 Å². The van der Waals surface area contributed by atoms with E-state index in [1.54, 1.807) is 24.3 Å². The number of rotatable bonds is 5. The van der Waals surface area contributed by atoms with Gasteiger partial charge in [0.25, 0.3) is 0 Å². The Labute approximate surface area is 136 Å². The van der Waals surface area contributed by atoms with Crippen LogP contribution in [0, 0.1) is 0 Å². The summed E-state index contributed by atoms with van der Waals surface area (Å²) >= 11 is 11.4. The SMILES string of the molecule is COc1ccc(C(=O)COC(=O)c2cnc(Cl)c(Cl)c2)cc1. The Kier molecular flexibility index (Phi) is 5.35. The van der Waals surface area contributed by atoms with Crippen molar-refractivity contribution >= 4 is 35.0 Å². The Bertz CT molecular complexity index is 701. The number of nitrogens with zero attached hydrogens (tertiary/aromatic N) is 1. The molecular formula is C15H11Cl2NO4. The standard InChI is InChI=1S/C15H11Cl2NO4/c1-21-11-4-2-9(3-5-11)13(19)8-22-15(20)10-6-12(16)14(17)18-7-10/h2-7H,8H2,1H3. The van der Waals surface area contributed by atoms with E-state index in [-0.39, 0.29) is 28.1 Å². The smallest absolute Gasteiger partial charge is 0.340 e. The van der Waals surface area contributed by atoms with E-state index < -0.39 is 5.97 Å². The minimum absolute atomic E-state index is 0.0903. The molecule has 5 nitrogen and oxygen atoms in total. The van der Waals surface area contributed by atoms with E-state index in [2.05, 4.69) is 4.98 Å². The first kappa shape index (κ1) is 16.3. The lowest BCUT2D eigenvalue weighted by Crippen LogP contribution is -2.14. The fourth-order valence-corrected chi connectivity index (χ4v) is 1.88. The Morgan fingerprint density at radius 1 is 1.14 bits per heavy atom. The zero-order valence-corrected chi connectivity index (χ0v) is 13.0. The fraction of sp³-hybridized carbons (Fsp3) is 0.133. The Morgan fingerprint density at radius 3 is 2.41 bits per heavy atom. The predicted octanol–water partition coefficient (Wildman–Crippen LogP) is 3.44. The lowest BCUT2D eigenvalue weighted by Gasteiger charge is -2.05. The number of methoxy groups -OCH3 is 1. The van der Waals surface area contributed by atoms with Crippen LogP contribution in [0.15, 0.2) is 36.5 Å². The number of hydrogen-bond donors (Lipinski definition) is 0. The highest BCUT2D eigenvalue weighted by atomic mass is 35.5. The number of benzene rings is 1. The maximum absolute atomic E-state index is 11.9. The summed E-state index contributed by atoms with van der Waals surface area (Å²) in [7, 11) is 1.53. The average molecular weight is 340 g/mol. The number of pyridine rings is 1. The molecule has 1 heterocycles. The number of Topliss-reactive ketones (excluding diaryl/α,β-unsaturated/α-hetero) is 1. The molecule has 0 atom stereocenters. The number of esters is 1. The van der Waals surface area contributed by atoms with Crippen LogP contribution in [0.4, 0.5) is 0 Å². The van der Waals surface area contributed by atoms with Crippen molar-refractivity contribution in [1.29, 1.82) is 0 Å². The maximum atomic E-state index is 11.9. The van der Waals surface area contributed by atoms with E-state index >= 15 is 0 Å². The summed E-state index contributed by atoms with van der Waals surface area (Å²) in [6, 6.07) is 7.82. The Morgan fingerprint density at radius 2 is 1.82 bits per heavy atom. The summed E-state index contributed by atoms with van der Waals surface area (Å²) < 4.78 is 9.93. The van der Waals surface area contributed by atoms with Gasteiger partial charge in [0.15, 0.2) is 12.4 Å². The first-order valence-corrected chi connectivity index (χ1v) is 6.92. The molecule has 22 heavy (non-hydrogen) atoms. The molecule has 0 N–H and O–H groups in total. The maximum Gasteiger partial charge on any atom is 0.340 e. The molecule has 0 aliphatic heterocycles. The van der Waals surface area contributed by atoms with Gasteiger partial charge in [0.05, 0.1) is 17.7 Å². The van der Waals surface area contributed by atoms with Gasteiger partial charge in [-0.2, -0.15) is 0 Å². The molecule has 0 bridgehead atoms. The summed E-state index contributed by atoms with van der Waals surface area (Å²) in [6.07, 6.45) is 1.23. The average Bonchev–Trinajstić information content (AvgIpc) is 2.54. The van der Waals surface area contributed by atoms with Crippen molar-refractivity contribution in [2.45, 2.75) is 0 Å². The third-order valence-electron chi connectivity index (χ3n) is 2.78. The molecule has 0 fully saturated rings. The third kappa shape index (κ3) is 3.96. The predicted molar refractivity (Wildman–Crippen MR) is 81.9 cm³/mol. The highest BCUT2D eigenvalue weighted by Gasteiger charge is 2.13. The topological polar surface area (TPSA) is 65.5 Å². The Hall–Kier alpha value is -2.11. The van der Waals surface area contributed by atoms with Gasteiger partial charge in [0.1, 0.15) is 10.9 Å². The van der Waals surface area contributed by atoms with Crippen molar-refractivity contribution in [2.24, 2.45) is 0 Å². The lowest BCUT2D eigenvalue weighted by atomic mass is 10.1. The van der Waals surface area contributed by atoms with Crippen LogP contribution in [-0.4, -0.2) is 30.5 Å². The molecule has 1 aromatic carbocycles. The first-order valence-electron chi connectivity index (χ1n) is 6.16. The van der Waals surface area contributed by atoms with E-state index in [1.165, 1.54) is 19.4 Å². The molecule has 7 heteroatoms. The quantitative estimate of drug-likeness (QED) is 0.474. The Balaban J connectivity index is 1.97. The molecule has 0 aliphatic carbocycles. The molecule has 0 radical (unpaired) electrons. The van der Waals surface area contributed by atoms with Crippen molar-refractivity contribution < 1.29 is 19.1 Å². The molecule has 0 amide bonds. The number of halogens is 2. The largest absolute Gasteiger partial charge is 0.497 e. The molecule has 0 saturated heterocycles. The molecular weight excluding hydrogens is 329 g/mol. The zero-order chi connectivity index (χ0) is 16.1. The van der Waals surface area contributed by atoms with E-state index in [4.69, 9.17) is 32.7 Å². The molecule has 114 valence electrons. The number of carbonyl (C=O) groups excluding carboxylic acids is 2. The van der Waals surface area contributed by atoms with Gasteiger partial charge >= 0.3 is 5.97 Å². The second kappa shape index (κ2) is 7.24. The van der Waals surface area contributed by atoms with Crippen molar-refractivity contribution in [3.63, 3.8) is 0 Å². The number of ether oxygens (including phenoxy) is 2. The molecule has 0 spiro atoms. The van der Waals surface area contributed by atoms with E-state index in [0.717, 1.165) is 0 Å². The van der Waals surface area contributed by atoms with Crippen LogP contribution in [0.25, 0.3) is 0 Å². The molecule has 0 saturated carbocycles. The summed E-state index contributed by atoms with van der Waals surface area (Å²) in [5.74, 6) is -0.396. The summed E-state index contributed by atoms with van der Waals surface area (Å²) in [6.45, 7) is -0.384. The van der Waals surface area contributed by atoms with Gasteiger partial charge in [-0.15, -0.1) is 0 Å². The van der Waals surface area contributed by atoms with Crippen molar-refractivity contribution in [3.05, 3.63) is 57.8 Å². The normalized spacial score (nSPS) is 10.1. The van der Waals surface area contributed by atoms with Crippen LogP contribution in [0.1, 0.15) is 20.7 Å². The zero-order valence-electron chi connectivity index (χ0n) is 11.5. The molecule has 2 rings (SSSR count). The second-order valence-electron chi connectivity index (χ2n) is 4.22. The van der Waals surface area contributed by atoms with E-state index in [9.17, 15) is 9.59 Å². The van der Waals surface area contributed by atoms with Crippen LogP contribution in [0.5, 0.6) is 5.75 Å². The van der Waals surface area contributed by atoms with Gasteiger partial charge in [0.2, 0.25) is 0 Å². The van der Waals surface area contributed by atoms with E-state index in [1.807, 2.05) is 0 Å². The summed E-state index contributed by atoms with van der Waals surface area (Å²) in [4.78, 5) is 27.5. The second-order valence-corrected chi connectivity index (χ2v) is 4.99. The molecule has 0 aliphatic rings. The highest BCUT2D eigenvalue weighted by molar-refractivity contribution is 6.41.